The summed E-state index contributed by atoms with van der Waals surface area (Å²) in [6.45, 7) is -0.139. The van der Waals surface area contributed by atoms with Gasteiger partial charge in [0, 0.05) is 18.2 Å². The molecular formula is C21H19BrN2O4. The van der Waals surface area contributed by atoms with Crippen LogP contribution < -0.4 is 5.32 Å². The summed E-state index contributed by atoms with van der Waals surface area (Å²) >= 11 is 2.99. The van der Waals surface area contributed by atoms with Crippen LogP contribution in [0.3, 0.4) is 0 Å². The third-order valence-corrected chi connectivity index (χ3v) is 4.51. The largest absolute Gasteiger partial charge is 0.467 e. The molecule has 1 atom stereocenters. The Morgan fingerprint density at radius 2 is 1.68 bits per heavy atom. The average molecular weight is 443 g/mol. The number of halogens is 1. The number of carbonyl (C=O) groups is 3. The predicted molar refractivity (Wildman–Crippen MR) is 109 cm³/mol. The fraction of sp³-hybridized carbons (Fsp3) is 0.190. The van der Waals surface area contributed by atoms with E-state index in [0.29, 0.717) is 5.56 Å². The van der Waals surface area contributed by atoms with Gasteiger partial charge in [-0.1, -0.05) is 64.8 Å². The molecule has 0 spiro atoms. The molecule has 0 saturated carbocycles. The molecule has 1 aromatic rings. The number of amides is 2. The molecule has 0 aliphatic heterocycles. The van der Waals surface area contributed by atoms with E-state index in [1.54, 1.807) is 30.3 Å². The first-order valence-corrected chi connectivity index (χ1v) is 9.49. The number of carbonyl (C=O) groups excluding carboxylic acids is 3. The second kappa shape index (κ2) is 10.3. The maximum atomic E-state index is 12.4. The zero-order chi connectivity index (χ0) is 20.5. The Bertz CT molecular complexity index is 855. The molecule has 144 valence electrons. The van der Waals surface area contributed by atoms with Crippen molar-refractivity contribution in [2.45, 2.75) is 6.04 Å². The van der Waals surface area contributed by atoms with Crippen molar-refractivity contribution in [3.63, 3.8) is 0 Å². The van der Waals surface area contributed by atoms with E-state index in [0.717, 1.165) is 4.90 Å². The second-order valence-electron chi connectivity index (χ2n) is 5.72. The molecule has 0 radical (unpaired) electrons. The fourth-order valence-electron chi connectivity index (χ4n) is 2.35. The summed E-state index contributed by atoms with van der Waals surface area (Å²) < 4.78 is 4.66. The first-order chi connectivity index (χ1) is 13.5. The Morgan fingerprint density at radius 1 is 1.11 bits per heavy atom. The summed E-state index contributed by atoms with van der Waals surface area (Å²) in [5.41, 5.74) is 3.19. The Morgan fingerprint density at radius 3 is 2.07 bits per heavy atom. The number of nitrogens with zero attached hydrogens (tertiary/aromatic N) is 1. The van der Waals surface area contributed by atoms with Gasteiger partial charge in [0.1, 0.15) is 0 Å². The molecule has 28 heavy (non-hydrogen) atoms. The first-order valence-electron chi connectivity index (χ1n) is 8.37. The van der Waals surface area contributed by atoms with Gasteiger partial charge in [-0.3, -0.25) is 14.5 Å². The van der Waals surface area contributed by atoms with Crippen molar-refractivity contribution in [3.05, 3.63) is 60.2 Å². The van der Waals surface area contributed by atoms with Crippen LogP contribution in [0.2, 0.25) is 0 Å². The van der Waals surface area contributed by atoms with Gasteiger partial charge in [-0.05, 0) is 23.3 Å². The van der Waals surface area contributed by atoms with Gasteiger partial charge in [0.25, 0.3) is 5.91 Å². The van der Waals surface area contributed by atoms with Crippen molar-refractivity contribution < 1.29 is 19.1 Å². The van der Waals surface area contributed by atoms with Crippen LogP contribution >= 0.6 is 15.9 Å². The third kappa shape index (κ3) is 5.21. The SMILES string of the molecule is C#CN(C(=O)c1ccccc1)C(CNC(=O)CBr)C(=O)OC.c1cc2ccc1-2. The Balaban J connectivity index is 0.000000385. The molecule has 2 aliphatic carbocycles. The van der Waals surface area contributed by atoms with E-state index in [1.807, 2.05) is 0 Å². The molecule has 1 N–H and O–H groups in total. The number of methoxy groups -OCH3 is 1. The fourth-order valence-corrected chi connectivity index (χ4v) is 2.54. The van der Waals surface area contributed by atoms with E-state index < -0.39 is 17.9 Å². The molecule has 0 fully saturated rings. The molecule has 0 saturated heterocycles. The van der Waals surface area contributed by atoms with Gasteiger partial charge in [-0.2, -0.15) is 0 Å². The molecule has 3 rings (SSSR count). The average Bonchev–Trinajstić information content (AvgIpc) is 2.73. The second-order valence-corrected chi connectivity index (χ2v) is 6.29. The van der Waals surface area contributed by atoms with E-state index in [1.165, 1.54) is 18.2 Å². The molecule has 0 heterocycles. The molecule has 0 aromatic heterocycles. The normalized spacial score (nSPS) is 11.0. The number of hydrogen-bond donors (Lipinski definition) is 1. The summed E-state index contributed by atoms with van der Waals surface area (Å²) in [4.78, 5) is 36.5. The number of terminal acetylenes is 1. The number of hydrogen-bond acceptors (Lipinski definition) is 4. The standard InChI is InChI=1S/C15H15BrN2O4.C6H4/c1-3-18(14(20)11-7-5-4-6-8-11)12(15(21)22-2)10-17-13(19)9-16;1-2-6-4-3-5(1)6/h1,4-8,12H,9-10H2,2H3,(H,17,19);1-4H. The Hall–Kier alpha value is -3.11. The molecular weight excluding hydrogens is 424 g/mol. The molecule has 2 aliphatic rings. The number of esters is 1. The minimum absolute atomic E-state index is 0.0730. The van der Waals surface area contributed by atoms with Crippen molar-refractivity contribution in [2.75, 3.05) is 19.0 Å². The van der Waals surface area contributed by atoms with Gasteiger partial charge in [0.15, 0.2) is 6.04 Å². The van der Waals surface area contributed by atoms with Gasteiger partial charge >= 0.3 is 5.97 Å². The third-order valence-electron chi connectivity index (χ3n) is 4.00. The summed E-state index contributed by atoms with van der Waals surface area (Å²) in [5, 5.41) is 2.57. The molecule has 0 bridgehead atoms. The van der Waals surface area contributed by atoms with Gasteiger partial charge in [-0.15, -0.1) is 0 Å². The summed E-state index contributed by atoms with van der Waals surface area (Å²) in [5.74, 6) is -1.57. The number of ether oxygens (including phenoxy) is 1. The van der Waals surface area contributed by atoms with E-state index >= 15 is 0 Å². The zero-order valence-corrected chi connectivity index (χ0v) is 16.8. The van der Waals surface area contributed by atoms with E-state index in [9.17, 15) is 14.4 Å². The number of rotatable bonds is 6. The van der Waals surface area contributed by atoms with Crippen molar-refractivity contribution in [2.24, 2.45) is 0 Å². The van der Waals surface area contributed by atoms with Crippen molar-refractivity contribution in [1.29, 1.82) is 0 Å². The van der Waals surface area contributed by atoms with Crippen molar-refractivity contribution in [3.8, 4) is 23.6 Å². The summed E-state index contributed by atoms with van der Waals surface area (Å²) in [7, 11) is 1.18. The Labute approximate surface area is 172 Å². The summed E-state index contributed by atoms with van der Waals surface area (Å²) in [6.07, 6.45) is 5.37. The molecule has 6 nitrogen and oxygen atoms in total. The van der Waals surface area contributed by atoms with Crippen LogP contribution in [-0.4, -0.2) is 47.7 Å². The predicted octanol–water partition coefficient (Wildman–Crippen LogP) is 2.44. The van der Waals surface area contributed by atoms with Crippen molar-refractivity contribution in [1.82, 2.24) is 10.2 Å². The number of fused-ring (bicyclic) bond motifs is 1. The van der Waals surface area contributed by atoms with E-state index in [4.69, 9.17) is 6.42 Å². The van der Waals surface area contributed by atoms with Gasteiger partial charge in [0.2, 0.25) is 5.91 Å². The van der Waals surface area contributed by atoms with Crippen LogP contribution in [0.5, 0.6) is 0 Å². The highest BCUT2D eigenvalue weighted by atomic mass is 79.9. The number of nitrogens with one attached hydrogen (secondary N) is 1. The van der Waals surface area contributed by atoms with Crippen LogP contribution in [0, 0.1) is 12.5 Å². The first kappa shape index (κ1) is 21.2. The maximum Gasteiger partial charge on any atom is 0.331 e. The zero-order valence-electron chi connectivity index (χ0n) is 15.2. The lowest BCUT2D eigenvalue weighted by molar-refractivity contribution is -0.145. The molecule has 2 amide bonds. The minimum atomic E-state index is -1.11. The van der Waals surface area contributed by atoms with Crippen LogP contribution in [0.15, 0.2) is 54.6 Å². The number of alkyl halides is 1. The smallest absolute Gasteiger partial charge is 0.331 e. The highest BCUT2D eigenvalue weighted by Gasteiger charge is 2.30. The van der Waals surface area contributed by atoms with Crippen LogP contribution in [0.1, 0.15) is 10.4 Å². The molecule has 7 heteroatoms. The lowest BCUT2D eigenvalue weighted by Crippen LogP contribution is -2.49. The van der Waals surface area contributed by atoms with E-state index in [-0.39, 0.29) is 17.8 Å². The van der Waals surface area contributed by atoms with Crippen LogP contribution in [-0.2, 0) is 14.3 Å². The number of benzene rings is 2. The lowest BCUT2D eigenvalue weighted by Gasteiger charge is -2.24. The minimum Gasteiger partial charge on any atom is -0.467 e. The van der Waals surface area contributed by atoms with E-state index in [2.05, 4.69) is 56.3 Å². The van der Waals surface area contributed by atoms with Crippen molar-refractivity contribution >= 4 is 33.7 Å². The molecule has 1 aromatic carbocycles. The monoisotopic (exact) mass is 442 g/mol. The van der Waals surface area contributed by atoms with Crippen LogP contribution in [0.4, 0.5) is 0 Å². The topological polar surface area (TPSA) is 75.7 Å². The van der Waals surface area contributed by atoms with Gasteiger partial charge < -0.3 is 10.1 Å². The highest BCUT2D eigenvalue weighted by molar-refractivity contribution is 9.09. The highest BCUT2D eigenvalue weighted by Crippen LogP contribution is 2.29. The quantitative estimate of drug-likeness (QED) is 0.275. The van der Waals surface area contributed by atoms with Gasteiger partial charge in [-0.25, -0.2) is 4.79 Å². The maximum absolute atomic E-state index is 12.4. The lowest BCUT2D eigenvalue weighted by atomic mass is 9.95. The van der Waals surface area contributed by atoms with Gasteiger partial charge in [0.05, 0.1) is 12.4 Å². The Kier molecular flexibility index (Phi) is 7.78. The summed E-state index contributed by atoms with van der Waals surface area (Å²) in [6, 6.07) is 17.8. The van der Waals surface area contributed by atoms with Crippen LogP contribution in [0.25, 0.3) is 11.1 Å². The molecule has 1 unspecified atom stereocenters.